The quantitative estimate of drug-likeness (QED) is 0.568. The summed E-state index contributed by atoms with van der Waals surface area (Å²) in [4.78, 5) is 0. The number of aliphatic hydroxyl groups is 2. The fourth-order valence-electron chi connectivity index (χ4n) is 0.806. The summed E-state index contributed by atoms with van der Waals surface area (Å²) in [7, 11) is 0. The van der Waals surface area contributed by atoms with Gasteiger partial charge in [-0.2, -0.15) is 0 Å². The van der Waals surface area contributed by atoms with Crippen LogP contribution in [0.25, 0.3) is 0 Å². The van der Waals surface area contributed by atoms with Crippen molar-refractivity contribution in [2.45, 2.75) is 25.4 Å². The lowest BCUT2D eigenvalue weighted by atomic mass is 10.1. The zero-order valence-electron chi connectivity index (χ0n) is 6.79. The van der Waals surface area contributed by atoms with Crippen molar-refractivity contribution in [3.8, 4) is 0 Å². The van der Waals surface area contributed by atoms with Gasteiger partial charge in [0.05, 0.1) is 12.7 Å². The van der Waals surface area contributed by atoms with Crippen LogP contribution in [-0.4, -0.2) is 22.9 Å². The minimum absolute atomic E-state index is 0.187. The molecule has 64 valence electrons. The van der Waals surface area contributed by atoms with Gasteiger partial charge in [-0.15, -0.1) is 6.58 Å². The Labute approximate surface area is 67.9 Å². The summed E-state index contributed by atoms with van der Waals surface area (Å²) in [5.41, 5.74) is 0.964. The fraction of sp³-hybridized carbons (Fsp3) is 0.556. The van der Waals surface area contributed by atoms with E-state index in [4.69, 9.17) is 10.2 Å². The van der Waals surface area contributed by atoms with E-state index in [1.165, 1.54) is 0 Å². The zero-order chi connectivity index (χ0) is 8.69. The van der Waals surface area contributed by atoms with E-state index in [0.717, 1.165) is 18.4 Å². The summed E-state index contributed by atoms with van der Waals surface area (Å²) in [5, 5.41) is 17.5. The van der Waals surface area contributed by atoms with Crippen LogP contribution in [-0.2, 0) is 0 Å². The van der Waals surface area contributed by atoms with E-state index in [9.17, 15) is 0 Å². The van der Waals surface area contributed by atoms with Crippen LogP contribution < -0.4 is 0 Å². The van der Waals surface area contributed by atoms with Crippen LogP contribution in [0.3, 0.4) is 0 Å². The summed E-state index contributed by atoms with van der Waals surface area (Å²) >= 11 is 0. The number of aliphatic hydroxyl groups excluding tert-OH is 2. The Morgan fingerprint density at radius 1 is 1.55 bits per heavy atom. The molecule has 0 amide bonds. The minimum Gasteiger partial charge on any atom is -0.394 e. The Morgan fingerprint density at radius 2 is 2.18 bits per heavy atom. The third-order valence-electron chi connectivity index (χ3n) is 1.44. The monoisotopic (exact) mass is 156 g/mol. The standard InChI is InChI=1S/C9H16O2/c1-3-4-5-8(2)6-9(11)7-10/h3,9-11H,1-2,4-7H2. The molecular weight excluding hydrogens is 140 g/mol. The van der Waals surface area contributed by atoms with Gasteiger partial charge in [-0.3, -0.25) is 0 Å². The summed E-state index contributed by atoms with van der Waals surface area (Å²) in [6.07, 6.45) is 3.39. The second-order valence-electron chi connectivity index (χ2n) is 2.62. The first-order valence-electron chi connectivity index (χ1n) is 3.77. The van der Waals surface area contributed by atoms with Gasteiger partial charge in [0.25, 0.3) is 0 Å². The molecule has 2 heteroatoms. The van der Waals surface area contributed by atoms with E-state index in [1.807, 2.05) is 6.08 Å². The Kier molecular flexibility index (Phi) is 5.80. The lowest BCUT2D eigenvalue weighted by molar-refractivity contribution is 0.0949. The summed E-state index contributed by atoms with van der Waals surface area (Å²) in [6, 6.07) is 0. The molecule has 0 aromatic rings. The molecule has 0 saturated carbocycles. The van der Waals surface area contributed by atoms with Crippen LogP contribution in [0.5, 0.6) is 0 Å². The van der Waals surface area contributed by atoms with E-state index in [0.29, 0.717) is 6.42 Å². The van der Waals surface area contributed by atoms with E-state index in [2.05, 4.69) is 13.2 Å². The van der Waals surface area contributed by atoms with Gasteiger partial charge in [-0.1, -0.05) is 18.2 Å². The van der Waals surface area contributed by atoms with Gasteiger partial charge < -0.3 is 10.2 Å². The molecule has 0 spiro atoms. The molecule has 0 radical (unpaired) electrons. The van der Waals surface area contributed by atoms with Crippen molar-refractivity contribution < 1.29 is 10.2 Å². The lowest BCUT2D eigenvalue weighted by Crippen LogP contribution is -2.12. The third kappa shape index (κ3) is 5.83. The zero-order valence-corrected chi connectivity index (χ0v) is 6.79. The summed E-state index contributed by atoms with van der Waals surface area (Å²) in [5.74, 6) is 0. The second kappa shape index (κ2) is 6.13. The normalized spacial score (nSPS) is 12.5. The van der Waals surface area contributed by atoms with E-state index in [1.54, 1.807) is 0 Å². The number of rotatable bonds is 6. The molecule has 0 aliphatic rings. The van der Waals surface area contributed by atoms with Gasteiger partial charge in [-0.05, 0) is 19.3 Å². The highest BCUT2D eigenvalue weighted by atomic mass is 16.3. The minimum atomic E-state index is -0.646. The third-order valence-corrected chi connectivity index (χ3v) is 1.44. The first-order valence-corrected chi connectivity index (χ1v) is 3.77. The molecule has 0 saturated heterocycles. The number of hydrogen-bond donors (Lipinski definition) is 2. The Bertz CT molecular complexity index is 130. The van der Waals surface area contributed by atoms with Crippen LogP contribution in [0, 0.1) is 0 Å². The average molecular weight is 156 g/mol. The van der Waals surface area contributed by atoms with E-state index < -0.39 is 6.10 Å². The maximum atomic E-state index is 8.99. The highest BCUT2D eigenvalue weighted by Gasteiger charge is 2.02. The molecule has 1 atom stereocenters. The molecule has 1 unspecified atom stereocenters. The molecule has 0 bridgehead atoms. The van der Waals surface area contributed by atoms with Gasteiger partial charge in [-0.25, -0.2) is 0 Å². The van der Waals surface area contributed by atoms with Gasteiger partial charge in [0.15, 0.2) is 0 Å². The largest absolute Gasteiger partial charge is 0.394 e. The molecular formula is C9H16O2. The second-order valence-corrected chi connectivity index (χ2v) is 2.62. The maximum Gasteiger partial charge on any atom is 0.0807 e. The van der Waals surface area contributed by atoms with Gasteiger partial charge in [0.1, 0.15) is 0 Å². The van der Waals surface area contributed by atoms with Crippen LogP contribution in [0.15, 0.2) is 24.8 Å². The topological polar surface area (TPSA) is 40.5 Å². The van der Waals surface area contributed by atoms with Crippen LogP contribution >= 0.6 is 0 Å². The van der Waals surface area contributed by atoms with Crippen molar-refractivity contribution in [1.82, 2.24) is 0 Å². The van der Waals surface area contributed by atoms with Crippen molar-refractivity contribution in [3.63, 3.8) is 0 Å². The summed E-state index contributed by atoms with van der Waals surface area (Å²) < 4.78 is 0. The predicted molar refractivity (Wildman–Crippen MR) is 46.3 cm³/mol. The fourth-order valence-corrected chi connectivity index (χ4v) is 0.806. The van der Waals surface area contributed by atoms with Gasteiger partial charge in [0.2, 0.25) is 0 Å². The van der Waals surface area contributed by atoms with Crippen molar-refractivity contribution in [1.29, 1.82) is 0 Å². The highest BCUT2D eigenvalue weighted by Crippen LogP contribution is 2.09. The number of hydrogen-bond acceptors (Lipinski definition) is 2. The highest BCUT2D eigenvalue weighted by molar-refractivity contribution is 4.97. The first-order chi connectivity index (χ1) is 5.20. The molecule has 0 aliphatic carbocycles. The van der Waals surface area contributed by atoms with Crippen molar-refractivity contribution >= 4 is 0 Å². The van der Waals surface area contributed by atoms with Crippen molar-refractivity contribution in [2.24, 2.45) is 0 Å². The van der Waals surface area contributed by atoms with E-state index >= 15 is 0 Å². The lowest BCUT2D eigenvalue weighted by Gasteiger charge is -2.07. The maximum absolute atomic E-state index is 8.99. The van der Waals surface area contributed by atoms with E-state index in [-0.39, 0.29) is 6.61 Å². The molecule has 0 fully saturated rings. The first kappa shape index (κ1) is 10.4. The summed E-state index contributed by atoms with van der Waals surface area (Å²) in [6.45, 7) is 7.15. The predicted octanol–water partition coefficient (Wildman–Crippen LogP) is 1.25. The van der Waals surface area contributed by atoms with Crippen LogP contribution in [0.1, 0.15) is 19.3 Å². The average Bonchev–Trinajstić information content (AvgIpc) is 2.00. The molecule has 11 heavy (non-hydrogen) atoms. The Morgan fingerprint density at radius 3 is 2.64 bits per heavy atom. The van der Waals surface area contributed by atoms with Crippen LogP contribution in [0.2, 0.25) is 0 Å². The molecule has 2 nitrogen and oxygen atoms in total. The Balaban J connectivity index is 3.43. The van der Waals surface area contributed by atoms with Gasteiger partial charge >= 0.3 is 0 Å². The SMILES string of the molecule is C=CCCC(=C)CC(O)CO. The number of allylic oxidation sites excluding steroid dienone is 1. The molecule has 0 aliphatic heterocycles. The van der Waals surface area contributed by atoms with Crippen molar-refractivity contribution in [3.05, 3.63) is 24.8 Å². The molecule has 0 aromatic carbocycles. The van der Waals surface area contributed by atoms with Gasteiger partial charge in [0, 0.05) is 0 Å². The molecule has 2 N–H and O–H groups in total. The molecule has 0 rings (SSSR count). The Hall–Kier alpha value is -0.600. The van der Waals surface area contributed by atoms with Crippen molar-refractivity contribution in [2.75, 3.05) is 6.61 Å². The molecule has 0 heterocycles. The molecule has 0 aromatic heterocycles. The smallest absolute Gasteiger partial charge is 0.0807 e. The van der Waals surface area contributed by atoms with Crippen LogP contribution in [0.4, 0.5) is 0 Å².